The van der Waals surface area contributed by atoms with E-state index in [2.05, 4.69) is 5.32 Å². The van der Waals surface area contributed by atoms with E-state index in [-0.39, 0.29) is 24.1 Å². The normalized spacial score (nSPS) is 20.4. The first-order valence-electron chi connectivity index (χ1n) is 8.09. The maximum atomic E-state index is 12.5. The molecule has 1 saturated heterocycles. The molecule has 0 saturated carbocycles. The molecule has 1 aromatic carbocycles. The number of hydrogen-bond acceptors (Lipinski definition) is 5. The Morgan fingerprint density at radius 2 is 2.00 bits per heavy atom. The van der Waals surface area contributed by atoms with Crippen LogP contribution >= 0.6 is 0 Å². The number of rotatable bonds is 3. The van der Waals surface area contributed by atoms with Crippen LogP contribution in [0.5, 0.6) is 5.75 Å². The van der Waals surface area contributed by atoms with Gasteiger partial charge in [0, 0.05) is 31.7 Å². The van der Waals surface area contributed by atoms with Crippen molar-refractivity contribution in [3.63, 3.8) is 0 Å². The van der Waals surface area contributed by atoms with Crippen molar-refractivity contribution in [2.24, 2.45) is 0 Å². The fraction of sp³-hybridized carbons (Fsp3) is 0.471. The van der Waals surface area contributed by atoms with E-state index in [1.165, 1.54) is 11.8 Å². The van der Waals surface area contributed by atoms with Gasteiger partial charge in [-0.1, -0.05) is 0 Å². The minimum atomic E-state index is -0.656. The molecule has 1 unspecified atom stereocenters. The summed E-state index contributed by atoms with van der Waals surface area (Å²) in [5.41, 5.74) is 0.966. The molecule has 3 rings (SSSR count). The molecule has 7 nitrogen and oxygen atoms in total. The van der Waals surface area contributed by atoms with Gasteiger partial charge >= 0.3 is 0 Å². The number of piperazine rings is 1. The summed E-state index contributed by atoms with van der Waals surface area (Å²) in [6, 6.07) is 4.96. The predicted octanol–water partition coefficient (Wildman–Crippen LogP) is 0.435. The second kappa shape index (κ2) is 6.60. The number of fused-ring (bicyclic) bond motifs is 1. The number of nitrogens with one attached hydrogen (secondary N) is 1. The largest absolute Gasteiger partial charge is 0.479 e. The highest BCUT2D eigenvalue weighted by Gasteiger charge is 2.34. The van der Waals surface area contributed by atoms with Gasteiger partial charge in [-0.05, 0) is 32.0 Å². The van der Waals surface area contributed by atoms with Crippen LogP contribution in [0.25, 0.3) is 0 Å². The zero-order valence-corrected chi connectivity index (χ0v) is 13.9. The molecule has 1 fully saturated rings. The predicted molar refractivity (Wildman–Crippen MR) is 88.3 cm³/mol. The summed E-state index contributed by atoms with van der Waals surface area (Å²) >= 11 is 0. The number of ketones is 1. The number of Topliss-reactive ketones (excluding diaryl/α,β-unsaturated/α-hetero) is 1. The van der Waals surface area contributed by atoms with E-state index in [1.54, 1.807) is 30.0 Å². The molecule has 0 spiro atoms. The van der Waals surface area contributed by atoms with Gasteiger partial charge in [0.05, 0.1) is 5.69 Å². The molecule has 2 amide bonds. The highest BCUT2D eigenvalue weighted by Crippen LogP contribution is 2.35. The van der Waals surface area contributed by atoms with E-state index in [9.17, 15) is 14.4 Å². The van der Waals surface area contributed by atoms with Gasteiger partial charge in [0.25, 0.3) is 5.91 Å². The summed E-state index contributed by atoms with van der Waals surface area (Å²) in [7, 11) is 0. The Kier molecular flexibility index (Phi) is 4.53. The first-order chi connectivity index (χ1) is 11.5. The molecule has 0 aliphatic carbocycles. The van der Waals surface area contributed by atoms with Crippen LogP contribution in [-0.2, 0) is 9.59 Å². The molecular weight excluding hydrogens is 310 g/mol. The zero-order chi connectivity index (χ0) is 17.3. The number of amides is 2. The summed E-state index contributed by atoms with van der Waals surface area (Å²) in [4.78, 5) is 39.9. The molecule has 0 aromatic heterocycles. The molecule has 24 heavy (non-hydrogen) atoms. The van der Waals surface area contributed by atoms with Crippen LogP contribution in [0.2, 0.25) is 0 Å². The number of nitrogens with zero attached hydrogens (tertiary/aromatic N) is 2. The molecule has 0 bridgehead atoms. The minimum absolute atomic E-state index is 0.0408. The lowest BCUT2D eigenvalue weighted by atomic mass is 10.1. The van der Waals surface area contributed by atoms with Crippen molar-refractivity contribution < 1.29 is 19.1 Å². The number of carbonyl (C=O) groups excluding carboxylic acids is 3. The summed E-state index contributed by atoms with van der Waals surface area (Å²) in [6.07, 6.45) is -0.656. The molecule has 2 aliphatic heterocycles. The standard InChI is InChI=1S/C17H21N3O4/c1-11(21)13-3-4-15-14(9-13)20(17(23)12(2)24-15)10-16(22)19-7-5-18-6-8-19/h3-4,9,12,18H,5-8,10H2,1-2H3. The third kappa shape index (κ3) is 3.12. The topological polar surface area (TPSA) is 79.0 Å². The number of anilines is 1. The van der Waals surface area contributed by atoms with Gasteiger partial charge in [-0.25, -0.2) is 0 Å². The van der Waals surface area contributed by atoms with Crippen molar-refractivity contribution in [2.75, 3.05) is 37.6 Å². The van der Waals surface area contributed by atoms with E-state index in [0.29, 0.717) is 30.1 Å². The van der Waals surface area contributed by atoms with E-state index >= 15 is 0 Å². The van der Waals surface area contributed by atoms with Crippen LogP contribution in [0.15, 0.2) is 18.2 Å². The number of hydrogen-bond donors (Lipinski definition) is 1. The van der Waals surface area contributed by atoms with Gasteiger partial charge in [-0.2, -0.15) is 0 Å². The second-order valence-electron chi connectivity index (χ2n) is 6.05. The van der Waals surface area contributed by atoms with Crippen LogP contribution in [0.4, 0.5) is 5.69 Å². The Labute approximate surface area is 140 Å². The van der Waals surface area contributed by atoms with E-state index < -0.39 is 6.10 Å². The average molecular weight is 331 g/mol. The first kappa shape index (κ1) is 16.4. The fourth-order valence-corrected chi connectivity index (χ4v) is 2.94. The lowest BCUT2D eigenvalue weighted by Crippen LogP contribution is -2.53. The molecule has 2 heterocycles. The third-order valence-corrected chi connectivity index (χ3v) is 4.34. The summed E-state index contributed by atoms with van der Waals surface area (Å²) in [5.74, 6) is 0.0438. The van der Waals surface area contributed by atoms with Crippen molar-refractivity contribution >= 4 is 23.3 Å². The van der Waals surface area contributed by atoms with Crippen LogP contribution in [0, 0.1) is 0 Å². The fourth-order valence-electron chi connectivity index (χ4n) is 2.94. The van der Waals surface area contributed by atoms with Crippen LogP contribution < -0.4 is 15.0 Å². The third-order valence-electron chi connectivity index (χ3n) is 4.34. The molecule has 2 aliphatic rings. The Morgan fingerprint density at radius 1 is 1.29 bits per heavy atom. The molecule has 1 atom stereocenters. The Bertz CT molecular complexity index is 682. The Balaban J connectivity index is 1.88. The monoisotopic (exact) mass is 331 g/mol. The average Bonchev–Trinajstić information content (AvgIpc) is 2.59. The van der Waals surface area contributed by atoms with Gasteiger partial charge in [0.15, 0.2) is 11.9 Å². The number of carbonyl (C=O) groups is 3. The van der Waals surface area contributed by atoms with Gasteiger partial charge in [0.2, 0.25) is 5.91 Å². The van der Waals surface area contributed by atoms with Gasteiger partial charge in [-0.15, -0.1) is 0 Å². The summed E-state index contributed by atoms with van der Waals surface area (Å²) in [5, 5.41) is 3.19. The van der Waals surface area contributed by atoms with Crippen LogP contribution in [0.1, 0.15) is 24.2 Å². The number of ether oxygens (including phenoxy) is 1. The summed E-state index contributed by atoms with van der Waals surface area (Å²) < 4.78 is 5.60. The van der Waals surface area contributed by atoms with Crippen molar-refractivity contribution in [1.82, 2.24) is 10.2 Å². The van der Waals surface area contributed by atoms with Gasteiger partial charge in [-0.3, -0.25) is 19.3 Å². The SMILES string of the molecule is CC(=O)c1ccc2c(c1)N(CC(=O)N1CCNCC1)C(=O)C(C)O2. The second-order valence-corrected chi connectivity index (χ2v) is 6.05. The van der Waals surface area contributed by atoms with Crippen LogP contribution in [-0.4, -0.2) is 61.3 Å². The van der Waals surface area contributed by atoms with Crippen LogP contribution in [0.3, 0.4) is 0 Å². The molecular formula is C17H21N3O4. The van der Waals surface area contributed by atoms with E-state index in [0.717, 1.165) is 13.1 Å². The van der Waals surface area contributed by atoms with Gasteiger partial charge < -0.3 is 15.0 Å². The van der Waals surface area contributed by atoms with Gasteiger partial charge in [0.1, 0.15) is 12.3 Å². The molecule has 1 N–H and O–H groups in total. The Hall–Kier alpha value is -2.41. The minimum Gasteiger partial charge on any atom is -0.479 e. The molecule has 7 heteroatoms. The lowest BCUT2D eigenvalue weighted by Gasteiger charge is -2.35. The smallest absolute Gasteiger partial charge is 0.268 e. The highest BCUT2D eigenvalue weighted by molar-refractivity contribution is 6.05. The molecule has 0 radical (unpaired) electrons. The lowest BCUT2D eigenvalue weighted by molar-refractivity contribution is -0.133. The Morgan fingerprint density at radius 3 is 2.67 bits per heavy atom. The quantitative estimate of drug-likeness (QED) is 0.813. The first-order valence-corrected chi connectivity index (χ1v) is 8.09. The number of benzene rings is 1. The van der Waals surface area contributed by atoms with Crippen molar-refractivity contribution in [3.8, 4) is 5.75 Å². The zero-order valence-electron chi connectivity index (χ0n) is 13.9. The summed E-state index contributed by atoms with van der Waals surface area (Å²) in [6.45, 7) is 5.86. The maximum Gasteiger partial charge on any atom is 0.268 e. The van der Waals surface area contributed by atoms with Crippen molar-refractivity contribution in [3.05, 3.63) is 23.8 Å². The molecule has 1 aromatic rings. The molecule has 128 valence electrons. The maximum absolute atomic E-state index is 12.5. The van der Waals surface area contributed by atoms with Crippen molar-refractivity contribution in [2.45, 2.75) is 20.0 Å². The highest BCUT2D eigenvalue weighted by atomic mass is 16.5. The van der Waals surface area contributed by atoms with E-state index in [1.807, 2.05) is 0 Å². The van der Waals surface area contributed by atoms with Crippen molar-refractivity contribution in [1.29, 1.82) is 0 Å². The van der Waals surface area contributed by atoms with E-state index in [4.69, 9.17) is 4.74 Å².